The Hall–Kier alpha value is -2.04. The summed E-state index contributed by atoms with van der Waals surface area (Å²) in [5, 5.41) is 5.23. The molecule has 0 aromatic heterocycles. The van der Waals surface area contributed by atoms with Crippen molar-refractivity contribution in [2.24, 2.45) is 28.8 Å². The van der Waals surface area contributed by atoms with E-state index >= 15 is 0 Å². The molecule has 2 aliphatic carbocycles. The minimum absolute atomic E-state index is 0.0828. The van der Waals surface area contributed by atoms with Crippen LogP contribution in [0.2, 0.25) is 0 Å². The van der Waals surface area contributed by atoms with E-state index in [1.807, 2.05) is 0 Å². The largest absolute Gasteiger partial charge is 0.481 e. The number of hydrazone groups is 1. The summed E-state index contributed by atoms with van der Waals surface area (Å²) in [4.78, 5) is 39.5. The first-order valence-electron chi connectivity index (χ1n) is 10.5. The van der Waals surface area contributed by atoms with E-state index in [-0.39, 0.29) is 48.0 Å². The van der Waals surface area contributed by atoms with E-state index in [9.17, 15) is 14.4 Å². The lowest BCUT2D eigenvalue weighted by Gasteiger charge is -2.26. The molecule has 168 valence electrons. The molecule has 2 heterocycles. The Labute approximate surface area is 201 Å². The van der Waals surface area contributed by atoms with Gasteiger partial charge in [-0.15, -0.1) is 0 Å². The van der Waals surface area contributed by atoms with Crippen LogP contribution < -0.4 is 4.74 Å². The van der Waals surface area contributed by atoms with Gasteiger partial charge in [-0.3, -0.25) is 14.4 Å². The standard InChI is InChI=1S/C22H21Br2N3O5/c23-15-7-12(8-16(24)20(15)32-11-17(28)26-3-5-31-6-4-26)10-25-27-21(29)18-13-1-2-14(9-13)19(18)22(27)30/h1-2,7-8,10,13-14,18-19H,3-6,9,11H2/t13-,14-,18-,19+/m0/s1. The number of hydrogen-bond donors (Lipinski definition) is 0. The number of carbonyl (C=O) groups excluding carboxylic acids is 3. The van der Waals surface area contributed by atoms with Crippen molar-refractivity contribution >= 4 is 55.8 Å². The molecule has 1 aromatic rings. The molecular weight excluding hydrogens is 546 g/mol. The molecule has 8 nitrogen and oxygen atoms in total. The van der Waals surface area contributed by atoms with Crippen molar-refractivity contribution in [3.05, 3.63) is 38.8 Å². The molecule has 0 radical (unpaired) electrons. The van der Waals surface area contributed by atoms with Crippen molar-refractivity contribution in [1.29, 1.82) is 0 Å². The molecule has 4 atom stereocenters. The zero-order chi connectivity index (χ0) is 22.4. The van der Waals surface area contributed by atoms with E-state index in [2.05, 4.69) is 49.1 Å². The van der Waals surface area contributed by atoms with Crippen LogP contribution in [0.3, 0.4) is 0 Å². The highest BCUT2D eigenvalue weighted by Crippen LogP contribution is 2.52. The lowest BCUT2D eigenvalue weighted by Crippen LogP contribution is -2.43. The van der Waals surface area contributed by atoms with Gasteiger partial charge in [0, 0.05) is 13.1 Å². The van der Waals surface area contributed by atoms with Crippen LogP contribution in [0.1, 0.15) is 12.0 Å². The summed E-state index contributed by atoms with van der Waals surface area (Å²) in [5.74, 6) is -0.267. The van der Waals surface area contributed by atoms with Gasteiger partial charge in [0.1, 0.15) is 5.75 Å². The monoisotopic (exact) mass is 565 g/mol. The zero-order valence-corrected chi connectivity index (χ0v) is 20.2. The summed E-state index contributed by atoms with van der Waals surface area (Å²) >= 11 is 6.93. The van der Waals surface area contributed by atoms with Crippen LogP contribution in [0.4, 0.5) is 0 Å². The Balaban J connectivity index is 1.25. The normalized spacial score (nSPS) is 28.8. The van der Waals surface area contributed by atoms with Crippen molar-refractivity contribution in [3.8, 4) is 5.75 Å². The van der Waals surface area contributed by atoms with E-state index in [4.69, 9.17) is 9.47 Å². The van der Waals surface area contributed by atoms with E-state index in [0.29, 0.717) is 46.6 Å². The first kappa shape index (κ1) is 21.8. The number of amides is 3. The van der Waals surface area contributed by atoms with Gasteiger partial charge in [0.2, 0.25) is 0 Å². The van der Waals surface area contributed by atoms with Crippen LogP contribution in [-0.2, 0) is 19.1 Å². The van der Waals surface area contributed by atoms with E-state index in [1.165, 1.54) is 6.21 Å². The summed E-state index contributed by atoms with van der Waals surface area (Å²) in [6.07, 6.45) is 6.49. The zero-order valence-electron chi connectivity index (χ0n) is 17.1. The Kier molecular flexibility index (Phi) is 5.94. The molecule has 2 bridgehead atoms. The van der Waals surface area contributed by atoms with Crippen molar-refractivity contribution in [2.45, 2.75) is 6.42 Å². The van der Waals surface area contributed by atoms with Gasteiger partial charge in [0.15, 0.2) is 6.61 Å². The van der Waals surface area contributed by atoms with Crippen molar-refractivity contribution < 1.29 is 23.9 Å². The van der Waals surface area contributed by atoms with Crippen LogP contribution in [0.5, 0.6) is 5.75 Å². The van der Waals surface area contributed by atoms with E-state index in [1.54, 1.807) is 17.0 Å². The number of carbonyl (C=O) groups is 3. The minimum atomic E-state index is -0.270. The van der Waals surface area contributed by atoms with Gasteiger partial charge in [-0.05, 0) is 67.8 Å². The molecule has 3 fully saturated rings. The highest BCUT2D eigenvalue weighted by atomic mass is 79.9. The van der Waals surface area contributed by atoms with Crippen LogP contribution in [-0.4, -0.2) is 66.8 Å². The molecule has 2 saturated heterocycles. The first-order chi connectivity index (χ1) is 15.4. The van der Waals surface area contributed by atoms with Gasteiger partial charge >= 0.3 is 0 Å². The lowest BCUT2D eigenvalue weighted by molar-refractivity contribution is -0.140. The molecule has 0 N–H and O–H groups in total. The van der Waals surface area contributed by atoms with Crippen molar-refractivity contribution in [1.82, 2.24) is 9.91 Å². The van der Waals surface area contributed by atoms with Gasteiger partial charge in [-0.25, -0.2) is 0 Å². The fourth-order valence-corrected chi connectivity index (χ4v) is 6.41. The smallest absolute Gasteiger partial charge is 0.260 e. The maximum atomic E-state index is 12.8. The minimum Gasteiger partial charge on any atom is -0.481 e. The quantitative estimate of drug-likeness (QED) is 0.310. The molecule has 5 rings (SSSR count). The summed E-state index contributed by atoms with van der Waals surface area (Å²) < 4.78 is 12.2. The number of rotatable bonds is 5. The van der Waals surface area contributed by atoms with Gasteiger partial charge < -0.3 is 14.4 Å². The summed E-state index contributed by atoms with van der Waals surface area (Å²) in [7, 11) is 0. The van der Waals surface area contributed by atoms with Gasteiger partial charge in [0.25, 0.3) is 17.7 Å². The average Bonchev–Trinajstić information content (AvgIpc) is 3.46. The molecule has 2 aliphatic heterocycles. The number of halogens is 2. The Bertz CT molecular complexity index is 983. The van der Waals surface area contributed by atoms with E-state index < -0.39 is 0 Å². The fourth-order valence-electron chi connectivity index (χ4n) is 4.95. The molecule has 3 amide bonds. The number of benzene rings is 1. The molecule has 10 heteroatoms. The molecule has 4 aliphatic rings. The Morgan fingerprint density at radius 3 is 2.28 bits per heavy atom. The number of nitrogens with zero attached hydrogens (tertiary/aromatic N) is 3. The van der Waals surface area contributed by atoms with Crippen molar-refractivity contribution in [2.75, 3.05) is 32.9 Å². The average molecular weight is 567 g/mol. The predicted molar refractivity (Wildman–Crippen MR) is 122 cm³/mol. The van der Waals surface area contributed by atoms with Gasteiger partial charge in [-0.2, -0.15) is 10.1 Å². The Morgan fingerprint density at radius 1 is 1.09 bits per heavy atom. The molecular formula is C22H21Br2N3O5. The molecule has 1 saturated carbocycles. The number of imide groups is 1. The third kappa shape index (κ3) is 3.82. The third-order valence-electron chi connectivity index (χ3n) is 6.49. The van der Waals surface area contributed by atoms with Crippen LogP contribution in [0, 0.1) is 23.7 Å². The van der Waals surface area contributed by atoms with Crippen LogP contribution >= 0.6 is 31.9 Å². The summed E-state index contributed by atoms with van der Waals surface area (Å²) in [5.41, 5.74) is 0.675. The predicted octanol–water partition coefficient (Wildman–Crippen LogP) is 2.59. The number of hydrogen-bond acceptors (Lipinski definition) is 6. The van der Waals surface area contributed by atoms with E-state index in [0.717, 1.165) is 11.4 Å². The SMILES string of the molecule is O=C(COc1c(Br)cc(C=NN2C(=O)[C@@H]3[C@H](C2=O)[C@H]2C=C[C@H]3C2)cc1Br)N1CCOCC1. The fraction of sp³-hybridized carbons (Fsp3) is 0.455. The number of morpholine rings is 1. The molecule has 32 heavy (non-hydrogen) atoms. The summed E-state index contributed by atoms with van der Waals surface area (Å²) in [6.45, 7) is 2.11. The van der Waals surface area contributed by atoms with Crippen LogP contribution in [0.15, 0.2) is 38.3 Å². The number of fused-ring (bicyclic) bond motifs is 5. The summed E-state index contributed by atoms with van der Waals surface area (Å²) in [6, 6.07) is 3.53. The second-order valence-electron chi connectivity index (χ2n) is 8.33. The number of allylic oxidation sites excluding steroid dienone is 2. The second-order valence-corrected chi connectivity index (χ2v) is 10.0. The molecule has 0 spiro atoms. The van der Waals surface area contributed by atoms with Crippen LogP contribution in [0.25, 0.3) is 0 Å². The second kappa shape index (κ2) is 8.72. The van der Waals surface area contributed by atoms with Crippen molar-refractivity contribution in [3.63, 3.8) is 0 Å². The third-order valence-corrected chi connectivity index (χ3v) is 7.67. The topological polar surface area (TPSA) is 88.5 Å². The maximum absolute atomic E-state index is 12.8. The maximum Gasteiger partial charge on any atom is 0.260 e. The molecule has 1 aromatic carbocycles. The van der Waals surface area contributed by atoms with Gasteiger partial charge in [0.05, 0.1) is 40.2 Å². The molecule has 0 unspecified atom stereocenters. The highest BCUT2D eigenvalue weighted by Gasteiger charge is 2.59. The highest BCUT2D eigenvalue weighted by molar-refractivity contribution is 9.11. The first-order valence-corrected chi connectivity index (χ1v) is 12.1. The number of ether oxygens (including phenoxy) is 2. The lowest BCUT2D eigenvalue weighted by atomic mass is 9.85. The van der Waals surface area contributed by atoms with Gasteiger partial charge in [-0.1, -0.05) is 12.2 Å². The Morgan fingerprint density at radius 2 is 1.69 bits per heavy atom.